The van der Waals surface area contributed by atoms with Gasteiger partial charge >= 0.3 is 11.9 Å². The van der Waals surface area contributed by atoms with Crippen LogP contribution < -0.4 is 0 Å². The molecular weight excluding hydrogens is 528 g/mol. The predicted octanol–water partition coefficient (Wildman–Crippen LogP) is 2.32. The van der Waals surface area contributed by atoms with Crippen LogP contribution in [0.5, 0.6) is 0 Å². The maximum Gasteiger partial charge on any atom is 0.310 e. The van der Waals surface area contributed by atoms with Crippen LogP contribution in [-0.4, -0.2) is 94.1 Å². The number of aliphatic hydroxyl groups excluding tert-OH is 3. The predicted molar refractivity (Wildman–Crippen MR) is 146 cm³/mol. The van der Waals surface area contributed by atoms with Crippen LogP contribution in [0.2, 0.25) is 0 Å². The lowest BCUT2D eigenvalue weighted by Gasteiger charge is -2.32. The fourth-order valence-corrected chi connectivity index (χ4v) is 5.31. The van der Waals surface area contributed by atoms with Crippen LogP contribution in [0.4, 0.5) is 0 Å². The fraction of sp³-hybridized carbons (Fsp3) is 0.750. The number of ketones is 1. The van der Waals surface area contributed by atoms with Gasteiger partial charge in [0, 0.05) is 24.5 Å². The second kappa shape index (κ2) is 15.3. The van der Waals surface area contributed by atoms with E-state index in [2.05, 4.69) is 0 Å². The average molecular weight is 573 g/mol. The number of ether oxygens (including phenoxy) is 4. The van der Waals surface area contributed by atoms with Crippen molar-refractivity contribution in [3.63, 3.8) is 0 Å². The van der Waals surface area contributed by atoms with Gasteiger partial charge in [0.15, 0.2) is 18.2 Å². The van der Waals surface area contributed by atoms with E-state index in [4.69, 9.17) is 18.9 Å². The maximum absolute atomic E-state index is 13.7. The molecule has 1 fully saturated rings. The van der Waals surface area contributed by atoms with Gasteiger partial charge in [-0.05, 0) is 44.1 Å². The first-order chi connectivity index (χ1) is 18.3. The van der Waals surface area contributed by atoms with Gasteiger partial charge in [-0.15, -0.1) is 0 Å². The molecule has 39 heavy (non-hydrogen) atoms. The summed E-state index contributed by atoms with van der Waals surface area (Å²) in [6, 6.07) is 0. The number of aliphatic hydroxyl groups is 3. The van der Waals surface area contributed by atoms with Crippen LogP contribution in [0.1, 0.15) is 60.8 Å². The van der Waals surface area contributed by atoms with Crippen LogP contribution in [0.15, 0.2) is 23.3 Å². The van der Waals surface area contributed by atoms with E-state index >= 15 is 0 Å². The Bertz CT molecular complexity index is 916. The Kier molecular flexibility index (Phi) is 13.1. The van der Waals surface area contributed by atoms with Crippen molar-refractivity contribution < 1.29 is 48.7 Å². The molecule has 1 saturated heterocycles. The van der Waals surface area contributed by atoms with Crippen LogP contribution in [0, 0.1) is 11.8 Å². The number of esters is 2. The normalized spacial score (nSPS) is 36.5. The van der Waals surface area contributed by atoms with E-state index in [9.17, 15) is 29.7 Å². The first-order valence-corrected chi connectivity index (χ1v) is 14.7. The summed E-state index contributed by atoms with van der Waals surface area (Å²) in [5.74, 6) is -2.11. The van der Waals surface area contributed by atoms with Gasteiger partial charge in [0.1, 0.15) is 30.5 Å². The van der Waals surface area contributed by atoms with E-state index in [1.165, 1.54) is 11.8 Å². The molecule has 0 aromatic rings. The number of thioether (sulfide) groups is 1. The van der Waals surface area contributed by atoms with E-state index in [1.54, 1.807) is 26.2 Å². The zero-order chi connectivity index (χ0) is 29.4. The largest absolute Gasteiger partial charge is 0.457 e. The standard InChI is InChI=1S/C28H44O10S/c1-8-15(4)19-10-9-16(5)25(38-28-24(33)23(32)20(13-29)36-28)26(37-22(31)11-14(2)3)18(30)12-21(39-7)17(6)27(34)35-19/h8-9,14,17,19-21,23-26,28-29,32-33H,10-13H2,1-7H3/b15-8-,16-9+/t17-,19+,20+,21+,23+,24-,25+,26+,28+/m0/s1. The molecule has 0 saturated carbocycles. The number of carbonyl (C=O) groups excluding carboxylic acids is 3. The van der Waals surface area contributed by atoms with Crippen molar-refractivity contribution >= 4 is 29.5 Å². The first-order valence-electron chi connectivity index (χ1n) is 13.4. The molecule has 0 aromatic carbocycles. The maximum atomic E-state index is 13.7. The molecule has 0 radical (unpaired) electrons. The molecular formula is C28H44O10S. The van der Waals surface area contributed by atoms with Gasteiger partial charge in [0.05, 0.1) is 12.5 Å². The number of Topliss-reactive ketones (excluding diaryl/α,β-unsaturated/α-hetero) is 1. The average Bonchev–Trinajstić information content (AvgIpc) is 3.16. The highest BCUT2D eigenvalue weighted by molar-refractivity contribution is 7.99. The number of carbonyl (C=O) groups is 3. The van der Waals surface area contributed by atoms with Gasteiger partial charge in [0.2, 0.25) is 0 Å². The van der Waals surface area contributed by atoms with Gasteiger partial charge in [-0.1, -0.05) is 32.9 Å². The van der Waals surface area contributed by atoms with E-state index in [1.807, 2.05) is 33.8 Å². The van der Waals surface area contributed by atoms with Crippen molar-refractivity contribution in [2.45, 2.75) is 109 Å². The molecule has 0 bridgehead atoms. The molecule has 0 aromatic heterocycles. The van der Waals surface area contributed by atoms with E-state index in [0.717, 1.165) is 5.57 Å². The zero-order valence-electron chi connectivity index (χ0n) is 23.9. The third-order valence-electron chi connectivity index (χ3n) is 7.16. The second-order valence-corrected chi connectivity index (χ2v) is 11.7. The molecule has 2 aliphatic heterocycles. The lowest BCUT2D eigenvalue weighted by atomic mass is 9.93. The minimum atomic E-state index is -1.50. The Morgan fingerprint density at radius 2 is 1.90 bits per heavy atom. The number of hydrogen-bond acceptors (Lipinski definition) is 11. The zero-order valence-corrected chi connectivity index (χ0v) is 24.7. The van der Waals surface area contributed by atoms with Gasteiger partial charge in [-0.2, -0.15) is 11.8 Å². The van der Waals surface area contributed by atoms with Crippen molar-refractivity contribution in [1.29, 1.82) is 0 Å². The summed E-state index contributed by atoms with van der Waals surface area (Å²) in [6.45, 7) is 10.3. The van der Waals surface area contributed by atoms with Crippen molar-refractivity contribution in [3.8, 4) is 0 Å². The molecule has 2 heterocycles. The molecule has 222 valence electrons. The Morgan fingerprint density at radius 3 is 2.44 bits per heavy atom. The van der Waals surface area contributed by atoms with E-state index < -0.39 is 78.4 Å². The first kappa shape index (κ1) is 33.4. The summed E-state index contributed by atoms with van der Waals surface area (Å²) < 4.78 is 23.2. The molecule has 3 N–H and O–H groups in total. The van der Waals surface area contributed by atoms with Crippen LogP contribution in [0.25, 0.3) is 0 Å². The monoisotopic (exact) mass is 572 g/mol. The highest BCUT2D eigenvalue weighted by Crippen LogP contribution is 2.31. The number of cyclic esters (lactones) is 1. The molecule has 2 aliphatic rings. The summed E-state index contributed by atoms with van der Waals surface area (Å²) in [5, 5.41) is 29.8. The topological polar surface area (TPSA) is 149 Å². The van der Waals surface area contributed by atoms with Crippen molar-refractivity contribution in [1.82, 2.24) is 0 Å². The Balaban J connectivity index is 2.58. The van der Waals surface area contributed by atoms with Crippen molar-refractivity contribution in [3.05, 3.63) is 23.3 Å². The quantitative estimate of drug-likeness (QED) is 0.291. The molecule has 0 aliphatic carbocycles. The summed E-state index contributed by atoms with van der Waals surface area (Å²) in [5.41, 5.74) is 1.33. The van der Waals surface area contributed by atoms with Gasteiger partial charge in [-0.25, -0.2) is 0 Å². The molecule has 0 unspecified atom stereocenters. The molecule has 9 atom stereocenters. The minimum absolute atomic E-state index is 0.0198. The molecule has 0 spiro atoms. The summed E-state index contributed by atoms with van der Waals surface area (Å²) in [7, 11) is 0. The summed E-state index contributed by atoms with van der Waals surface area (Å²) >= 11 is 1.34. The van der Waals surface area contributed by atoms with Gasteiger partial charge in [-0.3, -0.25) is 14.4 Å². The minimum Gasteiger partial charge on any atom is -0.457 e. The third-order valence-corrected chi connectivity index (χ3v) is 8.34. The second-order valence-electron chi connectivity index (χ2n) is 10.6. The summed E-state index contributed by atoms with van der Waals surface area (Å²) in [4.78, 5) is 39.6. The molecule has 10 nitrogen and oxygen atoms in total. The number of rotatable bonds is 8. The van der Waals surface area contributed by atoms with Crippen LogP contribution in [0.3, 0.4) is 0 Å². The Morgan fingerprint density at radius 1 is 1.23 bits per heavy atom. The molecule has 11 heteroatoms. The lowest BCUT2D eigenvalue weighted by molar-refractivity contribution is -0.209. The number of allylic oxidation sites excluding steroid dienone is 1. The van der Waals surface area contributed by atoms with Gasteiger partial charge < -0.3 is 34.3 Å². The van der Waals surface area contributed by atoms with E-state index in [-0.39, 0.29) is 25.2 Å². The molecule has 2 rings (SSSR count). The Hall–Kier alpha value is -1.76. The number of hydrogen-bond donors (Lipinski definition) is 3. The van der Waals surface area contributed by atoms with E-state index in [0.29, 0.717) is 5.57 Å². The SMILES string of the molecule is C/C=C(/C)[C@H]1C/C=C(\C)[C@@H](O[C@H]2O[C@H](CO)[C@@H](O)[C@@H]2O)[C@H](OC(=O)CC(C)C)C(=O)C[C@@H](SC)[C@H](C)C(=O)O1. The Labute approximate surface area is 235 Å². The van der Waals surface area contributed by atoms with Crippen LogP contribution in [-0.2, 0) is 33.3 Å². The smallest absolute Gasteiger partial charge is 0.310 e. The fourth-order valence-electron chi connectivity index (χ4n) is 4.46. The molecule has 0 amide bonds. The summed E-state index contributed by atoms with van der Waals surface area (Å²) in [6.07, 6.45) is -2.88. The highest BCUT2D eigenvalue weighted by atomic mass is 32.2. The van der Waals surface area contributed by atoms with Crippen molar-refractivity contribution in [2.75, 3.05) is 12.9 Å². The highest BCUT2D eigenvalue weighted by Gasteiger charge is 2.47. The lowest BCUT2D eigenvalue weighted by Crippen LogP contribution is -2.46. The van der Waals surface area contributed by atoms with Gasteiger partial charge in [0.25, 0.3) is 0 Å². The van der Waals surface area contributed by atoms with Crippen molar-refractivity contribution in [2.24, 2.45) is 11.8 Å². The third kappa shape index (κ3) is 8.86. The van der Waals surface area contributed by atoms with Crippen LogP contribution >= 0.6 is 11.8 Å².